The average Bonchev–Trinajstić information content (AvgIpc) is 2.72. The first-order chi connectivity index (χ1) is 13.5. The highest BCUT2D eigenvalue weighted by atomic mass is 35.5. The molecule has 0 saturated heterocycles. The zero-order valence-corrected chi connectivity index (χ0v) is 15.7. The molecule has 1 aromatic heterocycles. The Morgan fingerprint density at radius 1 is 1.07 bits per heavy atom. The average molecular weight is 396 g/mol. The zero-order valence-electron chi connectivity index (χ0n) is 15.0. The SMILES string of the molecule is O=C(c1cccc([N+](=O)[O-])c1)N(CCc1ccccn1)Cc1ccccc1Cl. The molecule has 28 heavy (non-hydrogen) atoms. The number of rotatable bonds is 7. The Morgan fingerprint density at radius 2 is 1.86 bits per heavy atom. The molecule has 0 aliphatic rings. The molecule has 6 nitrogen and oxygen atoms in total. The van der Waals surface area contributed by atoms with Crippen LogP contribution >= 0.6 is 11.6 Å². The minimum Gasteiger partial charge on any atom is -0.334 e. The summed E-state index contributed by atoms with van der Waals surface area (Å²) in [5.74, 6) is -0.292. The van der Waals surface area contributed by atoms with Crippen molar-refractivity contribution in [3.05, 3.63) is 105 Å². The van der Waals surface area contributed by atoms with Crippen LogP contribution in [0.25, 0.3) is 0 Å². The van der Waals surface area contributed by atoms with Crippen LogP contribution in [0.3, 0.4) is 0 Å². The molecular weight excluding hydrogens is 378 g/mol. The predicted octanol–water partition coefficient (Wildman–Crippen LogP) is 4.53. The summed E-state index contributed by atoms with van der Waals surface area (Å²) in [7, 11) is 0. The van der Waals surface area contributed by atoms with Gasteiger partial charge in [-0.1, -0.05) is 41.9 Å². The van der Waals surface area contributed by atoms with Gasteiger partial charge in [-0.05, 0) is 29.8 Å². The largest absolute Gasteiger partial charge is 0.334 e. The number of amides is 1. The van der Waals surface area contributed by atoms with Crippen molar-refractivity contribution in [1.29, 1.82) is 0 Å². The van der Waals surface area contributed by atoms with Crippen LogP contribution in [0.2, 0.25) is 5.02 Å². The third-order valence-corrected chi connectivity index (χ3v) is 4.64. The molecule has 0 unspecified atom stereocenters. The number of nitrogens with zero attached hydrogens (tertiary/aromatic N) is 3. The molecule has 1 heterocycles. The van der Waals surface area contributed by atoms with Gasteiger partial charge in [0, 0.05) is 54.1 Å². The summed E-state index contributed by atoms with van der Waals surface area (Å²) in [5, 5.41) is 11.6. The number of benzene rings is 2. The monoisotopic (exact) mass is 395 g/mol. The fourth-order valence-electron chi connectivity index (χ4n) is 2.82. The summed E-state index contributed by atoms with van der Waals surface area (Å²) in [4.78, 5) is 29.6. The van der Waals surface area contributed by atoms with Crippen molar-refractivity contribution in [2.45, 2.75) is 13.0 Å². The Hall–Kier alpha value is -3.25. The molecular formula is C21H18ClN3O3. The van der Waals surface area contributed by atoms with E-state index in [1.54, 1.807) is 23.2 Å². The molecule has 7 heteroatoms. The van der Waals surface area contributed by atoms with Crippen molar-refractivity contribution in [2.75, 3.05) is 6.54 Å². The topological polar surface area (TPSA) is 76.3 Å². The van der Waals surface area contributed by atoms with Crippen LogP contribution in [-0.2, 0) is 13.0 Å². The Bertz CT molecular complexity index is 979. The van der Waals surface area contributed by atoms with Gasteiger partial charge < -0.3 is 4.90 Å². The number of carbonyl (C=O) groups excluding carboxylic acids is 1. The summed E-state index contributed by atoms with van der Waals surface area (Å²) in [6.07, 6.45) is 2.27. The standard InChI is InChI=1S/C21H18ClN3O3/c22-20-10-2-1-6-17(20)15-24(13-11-18-8-3-4-12-23-18)21(26)16-7-5-9-19(14-16)25(27)28/h1-10,12,14H,11,13,15H2. The van der Waals surface area contributed by atoms with Gasteiger partial charge in [0.15, 0.2) is 0 Å². The Balaban J connectivity index is 1.86. The first-order valence-corrected chi connectivity index (χ1v) is 9.09. The smallest absolute Gasteiger partial charge is 0.270 e. The van der Waals surface area contributed by atoms with Gasteiger partial charge in [0.05, 0.1) is 4.92 Å². The van der Waals surface area contributed by atoms with E-state index >= 15 is 0 Å². The normalized spacial score (nSPS) is 10.5. The number of nitro groups is 1. The molecule has 0 aliphatic carbocycles. The zero-order chi connectivity index (χ0) is 19.9. The first-order valence-electron chi connectivity index (χ1n) is 8.71. The Kier molecular flexibility index (Phi) is 6.34. The molecule has 0 spiro atoms. The summed E-state index contributed by atoms with van der Waals surface area (Å²) >= 11 is 6.26. The van der Waals surface area contributed by atoms with Crippen molar-refractivity contribution < 1.29 is 9.72 Å². The van der Waals surface area contributed by atoms with Crippen molar-refractivity contribution in [1.82, 2.24) is 9.88 Å². The maximum atomic E-state index is 13.1. The number of carbonyl (C=O) groups is 1. The second kappa shape index (κ2) is 9.10. The van der Waals surface area contributed by atoms with Crippen LogP contribution in [-0.4, -0.2) is 27.3 Å². The number of hydrogen-bond donors (Lipinski definition) is 0. The predicted molar refractivity (Wildman–Crippen MR) is 107 cm³/mol. The van der Waals surface area contributed by atoms with E-state index in [1.165, 1.54) is 18.2 Å². The van der Waals surface area contributed by atoms with Gasteiger partial charge in [0.25, 0.3) is 11.6 Å². The molecule has 1 amide bonds. The van der Waals surface area contributed by atoms with E-state index in [1.807, 2.05) is 36.4 Å². The molecule has 0 saturated carbocycles. The fraction of sp³-hybridized carbons (Fsp3) is 0.143. The second-order valence-corrected chi connectivity index (χ2v) is 6.60. The minimum absolute atomic E-state index is 0.117. The van der Waals surface area contributed by atoms with Crippen LogP contribution in [0.1, 0.15) is 21.6 Å². The molecule has 3 aromatic rings. The highest BCUT2D eigenvalue weighted by Gasteiger charge is 2.19. The highest BCUT2D eigenvalue weighted by Crippen LogP contribution is 2.20. The number of non-ortho nitro benzene ring substituents is 1. The number of aromatic nitrogens is 1. The molecule has 142 valence electrons. The third kappa shape index (κ3) is 4.92. The third-order valence-electron chi connectivity index (χ3n) is 4.27. The van der Waals surface area contributed by atoms with Gasteiger partial charge in [-0.25, -0.2) is 0 Å². The molecule has 0 aliphatic heterocycles. The lowest BCUT2D eigenvalue weighted by atomic mass is 10.1. The lowest BCUT2D eigenvalue weighted by Gasteiger charge is -2.23. The molecule has 3 rings (SSSR count). The Morgan fingerprint density at radius 3 is 2.57 bits per heavy atom. The van der Waals surface area contributed by atoms with Crippen molar-refractivity contribution >= 4 is 23.2 Å². The van der Waals surface area contributed by atoms with E-state index in [2.05, 4.69) is 4.98 Å². The van der Waals surface area contributed by atoms with Gasteiger partial charge in [-0.3, -0.25) is 19.9 Å². The maximum absolute atomic E-state index is 13.1. The number of halogens is 1. The van der Waals surface area contributed by atoms with E-state index in [9.17, 15) is 14.9 Å². The van der Waals surface area contributed by atoms with Crippen LogP contribution in [0, 0.1) is 10.1 Å². The molecule has 0 radical (unpaired) electrons. The maximum Gasteiger partial charge on any atom is 0.270 e. The molecule has 0 atom stereocenters. The second-order valence-electron chi connectivity index (χ2n) is 6.20. The molecule has 0 fully saturated rings. The number of nitro benzene ring substituents is 1. The Labute approximate surface area is 167 Å². The highest BCUT2D eigenvalue weighted by molar-refractivity contribution is 6.31. The van der Waals surface area contributed by atoms with Crippen molar-refractivity contribution in [2.24, 2.45) is 0 Å². The molecule has 0 N–H and O–H groups in total. The van der Waals surface area contributed by atoms with E-state index < -0.39 is 4.92 Å². The quantitative estimate of drug-likeness (QED) is 0.435. The van der Waals surface area contributed by atoms with Crippen molar-refractivity contribution in [3.8, 4) is 0 Å². The lowest BCUT2D eigenvalue weighted by Crippen LogP contribution is -2.32. The number of hydrogen-bond acceptors (Lipinski definition) is 4. The van der Waals surface area contributed by atoms with Gasteiger partial charge in [0.1, 0.15) is 0 Å². The molecule has 2 aromatic carbocycles. The van der Waals surface area contributed by atoms with Crippen molar-refractivity contribution in [3.63, 3.8) is 0 Å². The lowest BCUT2D eigenvalue weighted by molar-refractivity contribution is -0.384. The first kappa shape index (κ1) is 19.5. The van der Waals surface area contributed by atoms with Gasteiger partial charge in [0.2, 0.25) is 0 Å². The number of pyridine rings is 1. The van der Waals surface area contributed by atoms with E-state index in [4.69, 9.17) is 11.6 Å². The summed E-state index contributed by atoms with van der Waals surface area (Å²) < 4.78 is 0. The van der Waals surface area contributed by atoms with Gasteiger partial charge in [-0.2, -0.15) is 0 Å². The van der Waals surface area contributed by atoms with Gasteiger partial charge in [-0.15, -0.1) is 0 Å². The van der Waals surface area contributed by atoms with E-state index in [0.29, 0.717) is 24.5 Å². The van der Waals surface area contributed by atoms with Crippen LogP contribution < -0.4 is 0 Å². The van der Waals surface area contributed by atoms with Crippen LogP contribution in [0.4, 0.5) is 5.69 Å². The van der Waals surface area contributed by atoms with E-state index in [0.717, 1.165) is 11.3 Å². The van der Waals surface area contributed by atoms with Crippen LogP contribution in [0.15, 0.2) is 72.9 Å². The summed E-state index contributed by atoms with van der Waals surface area (Å²) in [6.45, 7) is 0.706. The fourth-order valence-corrected chi connectivity index (χ4v) is 3.01. The molecule has 0 bridgehead atoms. The summed E-state index contributed by atoms with van der Waals surface area (Å²) in [6, 6.07) is 18.7. The van der Waals surface area contributed by atoms with Crippen LogP contribution in [0.5, 0.6) is 0 Å². The summed E-state index contributed by atoms with van der Waals surface area (Å²) in [5.41, 5.74) is 1.82. The van der Waals surface area contributed by atoms with Gasteiger partial charge >= 0.3 is 0 Å². The minimum atomic E-state index is -0.511. The van der Waals surface area contributed by atoms with E-state index in [-0.39, 0.29) is 17.2 Å².